The fraction of sp³-hybridized carbons (Fsp3) is 0.100. The summed E-state index contributed by atoms with van der Waals surface area (Å²) in [5.41, 5.74) is 1.03. The highest BCUT2D eigenvalue weighted by atomic mass is 15.1. The van der Waals surface area contributed by atoms with Crippen LogP contribution in [-0.2, 0) is 0 Å². The van der Waals surface area contributed by atoms with Crippen molar-refractivity contribution in [2.24, 2.45) is 0 Å². The first kappa shape index (κ1) is 16.7. The van der Waals surface area contributed by atoms with Crippen molar-refractivity contribution >= 4 is 35.2 Å². The summed E-state index contributed by atoms with van der Waals surface area (Å²) in [6.45, 7) is 0. The van der Waals surface area contributed by atoms with Gasteiger partial charge in [-0.3, -0.25) is 0 Å². The number of aromatic amines is 1. The van der Waals surface area contributed by atoms with Crippen molar-refractivity contribution in [3.63, 3.8) is 0 Å². The number of rotatable bonds is 0. The fourth-order valence-electron chi connectivity index (χ4n) is 2.77. The largest absolute Gasteiger partial charge is 0.360 e. The third-order valence-corrected chi connectivity index (χ3v) is 4.12. The number of nitrogens with zero attached hydrogens (tertiary/aromatic N) is 6. The summed E-state index contributed by atoms with van der Waals surface area (Å²) in [7, 11) is 0. The van der Waals surface area contributed by atoms with Gasteiger partial charge in [-0.05, 0) is 41.5 Å². The maximum atomic E-state index is 3.92. The first-order valence-corrected chi connectivity index (χ1v) is 8.60. The minimum Gasteiger partial charge on any atom is -0.360 e. The molecule has 6 rings (SSSR count). The quantitative estimate of drug-likeness (QED) is 0.471. The molecule has 0 unspecified atom stereocenters. The smallest absolute Gasteiger partial charge is 0.0889 e. The molecule has 0 spiro atoms. The van der Waals surface area contributed by atoms with Crippen LogP contribution >= 0.6 is 0 Å². The molecular formula is C20H17N7. The van der Waals surface area contributed by atoms with Crippen molar-refractivity contribution in [2.45, 2.75) is 12.8 Å². The van der Waals surface area contributed by atoms with Crippen molar-refractivity contribution in [1.29, 1.82) is 0 Å². The van der Waals surface area contributed by atoms with Crippen LogP contribution in [-0.4, -0.2) is 35.6 Å². The van der Waals surface area contributed by atoms with E-state index in [1.807, 2.05) is 24.4 Å². The second-order valence-electron chi connectivity index (χ2n) is 5.87. The topological polar surface area (TPSA) is 93.1 Å². The fourth-order valence-corrected chi connectivity index (χ4v) is 2.77. The van der Waals surface area contributed by atoms with E-state index in [0.29, 0.717) is 0 Å². The Morgan fingerprint density at radius 1 is 0.667 bits per heavy atom. The normalized spacial score (nSPS) is 12.6. The first-order valence-electron chi connectivity index (χ1n) is 8.60. The predicted octanol–water partition coefficient (Wildman–Crippen LogP) is -0.159. The van der Waals surface area contributed by atoms with Gasteiger partial charge in [0, 0.05) is 11.6 Å². The zero-order valence-corrected chi connectivity index (χ0v) is 14.5. The highest BCUT2D eigenvalue weighted by molar-refractivity contribution is 5.76. The highest BCUT2D eigenvalue weighted by Gasteiger charge is 1.91. The van der Waals surface area contributed by atoms with E-state index in [0.717, 1.165) is 34.4 Å². The minimum absolute atomic E-state index is 1.01. The van der Waals surface area contributed by atoms with Gasteiger partial charge in [0.25, 0.3) is 0 Å². The summed E-state index contributed by atoms with van der Waals surface area (Å²) in [5.74, 6) is 0. The highest BCUT2D eigenvalue weighted by Crippen LogP contribution is 2.05. The van der Waals surface area contributed by atoms with Crippen LogP contribution < -0.4 is 21.1 Å². The molecule has 2 aliphatic rings. The van der Waals surface area contributed by atoms with Gasteiger partial charge in [0.15, 0.2) is 0 Å². The zero-order chi connectivity index (χ0) is 18.3. The van der Waals surface area contributed by atoms with Crippen LogP contribution in [0.25, 0.3) is 35.2 Å². The predicted molar refractivity (Wildman–Crippen MR) is 104 cm³/mol. The standard InChI is InChI=1S/2C7H6N2.C6H5N3/c2*1-2-6-4-5-8-9-7(6)3-1;1-2-7-6-4-9-8-3-5(1)6/h2*2-5H,1H2;1-4,7H. The molecular weight excluding hydrogens is 338 g/mol. The molecule has 0 radical (unpaired) electrons. The lowest BCUT2D eigenvalue weighted by Gasteiger charge is -1.81. The van der Waals surface area contributed by atoms with E-state index in [2.05, 4.69) is 59.9 Å². The third-order valence-electron chi connectivity index (χ3n) is 4.12. The van der Waals surface area contributed by atoms with Crippen molar-refractivity contribution in [3.05, 3.63) is 70.3 Å². The Kier molecular flexibility index (Phi) is 5.01. The molecule has 4 aromatic rings. The Bertz CT molecular complexity index is 1130. The van der Waals surface area contributed by atoms with Gasteiger partial charge in [-0.25, -0.2) is 0 Å². The monoisotopic (exact) mass is 355 g/mol. The van der Waals surface area contributed by atoms with Gasteiger partial charge in [0.2, 0.25) is 0 Å². The molecule has 0 aromatic carbocycles. The molecule has 4 aromatic heterocycles. The molecule has 1 N–H and O–H groups in total. The lowest BCUT2D eigenvalue weighted by molar-refractivity contribution is 0.984. The molecule has 0 saturated heterocycles. The summed E-state index contributed by atoms with van der Waals surface area (Å²) in [5, 5.41) is 28.4. The van der Waals surface area contributed by atoms with E-state index in [-0.39, 0.29) is 0 Å². The molecule has 0 bridgehead atoms. The molecule has 7 heteroatoms. The summed E-state index contributed by atoms with van der Waals surface area (Å²) in [6, 6.07) is 5.92. The summed E-state index contributed by atoms with van der Waals surface area (Å²) < 4.78 is 0. The van der Waals surface area contributed by atoms with Crippen LogP contribution in [0.4, 0.5) is 0 Å². The molecule has 0 amide bonds. The maximum absolute atomic E-state index is 3.92. The van der Waals surface area contributed by atoms with Crippen molar-refractivity contribution in [3.8, 4) is 0 Å². The summed E-state index contributed by atoms with van der Waals surface area (Å²) in [6.07, 6.45) is 19.2. The van der Waals surface area contributed by atoms with Gasteiger partial charge in [0.05, 0.1) is 41.0 Å². The molecule has 0 fully saturated rings. The Morgan fingerprint density at radius 3 is 1.89 bits per heavy atom. The number of hydrogen-bond acceptors (Lipinski definition) is 6. The lowest BCUT2D eigenvalue weighted by Crippen LogP contribution is -2.25. The van der Waals surface area contributed by atoms with Crippen LogP contribution in [0.5, 0.6) is 0 Å². The summed E-state index contributed by atoms with van der Waals surface area (Å²) in [4.78, 5) is 3.02. The zero-order valence-electron chi connectivity index (χ0n) is 14.5. The Labute approximate surface area is 154 Å². The van der Waals surface area contributed by atoms with E-state index in [1.165, 1.54) is 10.4 Å². The first-order chi connectivity index (χ1) is 13.4. The van der Waals surface area contributed by atoms with E-state index in [9.17, 15) is 0 Å². The molecule has 4 heterocycles. The van der Waals surface area contributed by atoms with Crippen LogP contribution in [0.2, 0.25) is 0 Å². The average Bonchev–Trinajstić information content (AvgIpc) is 3.48. The number of fused-ring (bicyclic) bond motifs is 3. The van der Waals surface area contributed by atoms with Crippen molar-refractivity contribution in [1.82, 2.24) is 35.6 Å². The number of nitrogens with one attached hydrogen (secondary N) is 1. The lowest BCUT2D eigenvalue weighted by atomic mass is 10.4. The number of aromatic nitrogens is 7. The van der Waals surface area contributed by atoms with Crippen LogP contribution in [0.15, 0.2) is 49.2 Å². The molecule has 0 aliphatic heterocycles. The van der Waals surface area contributed by atoms with Gasteiger partial charge >= 0.3 is 0 Å². The Hall–Kier alpha value is -3.74. The molecule has 0 saturated carbocycles. The molecule has 0 atom stereocenters. The van der Waals surface area contributed by atoms with Gasteiger partial charge in [0.1, 0.15) is 0 Å². The maximum Gasteiger partial charge on any atom is 0.0889 e. The SMILES string of the molecule is C1=c2ccnnc2=CC1.C1=c2ccnnc2=CC1.c1cc2cnncc2[nH]1. The van der Waals surface area contributed by atoms with Crippen LogP contribution in [0.1, 0.15) is 12.8 Å². The average molecular weight is 355 g/mol. The van der Waals surface area contributed by atoms with Gasteiger partial charge < -0.3 is 4.98 Å². The third kappa shape index (κ3) is 4.09. The van der Waals surface area contributed by atoms with Gasteiger partial charge in [-0.1, -0.05) is 24.3 Å². The molecule has 132 valence electrons. The summed E-state index contributed by atoms with van der Waals surface area (Å²) >= 11 is 0. The number of H-pyrrole nitrogens is 1. The van der Waals surface area contributed by atoms with E-state index < -0.39 is 0 Å². The minimum atomic E-state index is 1.01. The Morgan fingerprint density at radius 2 is 1.30 bits per heavy atom. The van der Waals surface area contributed by atoms with Crippen molar-refractivity contribution < 1.29 is 0 Å². The van der Waals surface area contributed by atoms with E-state index in [1.54, 1.807) is 24.8 Å². The van der Waals surface area contributed by atoms with Crippen molar-refractivity contribution in [2.75, 3.05) is 0 Å². The molecule has 2 aliphatic carbocycles. The second kappa shape index (κ2) is 8.09. The number of hydrogen-bond donors (Lipinski definition) is 1. The Balaban J connectivity index is 0.0000001000. The van der Waals surface area contributed by atoms with E-state index in [4.69, 9.17) is 0 Å². The van der Waals surface area contributed by atoms with Crippen LogP contribution in [0, 0.1) is 0 Å². The van der Waals surface area contributed by atoms with Gasteiger partial charge in [-0.15, -0.1) is 0 Å². The second-order valence-corrected chi connectivity index (χ2v) is 5.87. The van der Waals surface area contributed by atoms with E-state index >= 15 is 0 Å². The molecule has 27 heavy (non-hydrogen) atoms. The van der Waals surface area contributed by atoms with Crippen LogP contribution in [0.3, 0.4) is 0 Å². The molecule has 7 nitrogen and oxygen atoms in total. The van der Waals surface area contributed by atoms with Gasteiger partial charge in [-0.2, -0.15) is 30.6 Å².